The molecule has 0 saturated carbocycles. The summed E-state index contributed by atoms with van der Waals surface area (Å²) < 4.78 is 14.7. The van der Waals surface area contributed by atoms with Crippen LogP contribution >= 0.6 is 11.3 Å². The van der Waals surface area contributed by atoms with E-state index in [9.17, 15) is 4.39 Å². The summed E-state index contributed by atoms with van der Waals surface area (Å²) in [6, 6.07) is 9.18. The summed E-state index contributed by atoms with van der Waals surface area (Å²) in [6.45, 7) is 2.06. The van der Waals surface area contributed by atoms with Gasteiger partial charge in [-0.05, 0) is 31.2 Å². The predicted molar refractivity (Wildman–Crippen MR) is 118 cm³/mol. The van der Waals surface area contributed by atoms with Crippen molar-refractivity contribution in [3.8, 4) is 33.2 Å². The van der Waals surface area contributed by atoms with Crippen LogP contribution in [0.4, 0.5) is 4.39 Å². The lowest BCUT2D eigenvalue weighted by Crippen LogP contribution is -1.88. The van der Waals surface area contributed by atoms with Crippen molar-refractivity contribution < 1.29 is 4.39 Å². The highest BCUT2D eigenvalue weighted by atomic mass is 32.1. The van der Waals surface area contributed by atoms with Crippen molar-refractivity contribution in [3.05, 3.63) is 65.9 Å². The lowest BCUT2D eigenvalue weighted by atomic mass is 10.0. The number of halogens is 1. The number of benzene rings is 1. The molecule has 6 rings (SSSR count). The molecule has 5 aromatic heterocycles. The summed E-state index contributed by atoms with van der Waals surface area (Å²) >= 11 is 1.67. The maximum absolute atomic E-state index is 14.7. The van der Waals surface area contributed by atoms with E-state index in [0.717, 1.165) is 27.0 Å². The van der Waals surface area contributed by atoms with Crippen molar-refractivity contribution in [2.24, 2.45) is 0 Å². The van der Waals surface area contributed by atoms with E-state index >= 15 is 0 Å². The standard InChI is InChI=1S/C22H14FN7S/c1-11-2-3-18(31-11)21-20-16(4-5-26-21)27-22(28-20)19-14-6-13(12-8-24-10-25-9-12)15(23)7-17(14)29-30-19/h2-10H,1H3,(H,27,28)(H,29,30). The number of aromatic nitrogens is 7. The molecule has 2 N–H and O–H groups in total. The second-order valence-electron chi connectivity index (χ2n) is 7.13. The molecule has 0 atom stereocenters. The molecule has 0 unspecified atom stereocenters. The molecule has 0 radical (unpaired) electrons. The minimum atomic E-state index is -0.373. The van der Waals surface area contributed by atoms with Gasteiger partial charge in [0.15, 0.2) is 5.82 Å². The second kappa shape index (κ2) is 6.78. The van der Waals surface area contributed by atoms with Crippen LogP contribution in [0.15, 0.2) is 55.2 Å². The van der Waals surface area contributed by atoms with Gasteiger partial charge < -0.3 is 4.98 Å². The molecule has 7 nitrogen and oxygen atoms in total. The first kappa shape index (κ1) is 17.8. The monoisotopic (exact) mass is 427 g/mol. The summed E-state index contributed by atoms with van der Waals surface area (Å²) in [7, 11) is 0. The number of nitrogens with zero attached hydrogens (tertiary/aromatic N) is 5. The van der Waals surface area contributed by atoms with Gasteiger partial charge in [-0.2, -0.15) is 5.10 Å². The Morgan fingerprint density at radius 2 is 1.87 bits per heavy atom. The van der Waals surface area contributed by atoms with E-state index in [0.29, 0.717) is 28.2 Å². The maximum Gasteiger partial charge on any atom is 0.159 e. The number of nitrogens with one attached hydrogen (secondary N) is 2. The van der Waals surface area contributed by atoms with E-state index in [1.54, 1.807) is 36.0 Å². The van der Waals surface area contributed by atoms with E-state index in [2.05, 4.69) is 49.2 Å². The Bertz CT molecular complexity index is 1570. The van der Waals surface area contributed by atoms with Crippen molar-refractivity contribution in [2.75, 3.05) is 0 Å². The lowest BCUT2D eigenvalue weighted by Gasteiger charge is -2.03. The number of thiophene rings is 1. The molecular weight excluding hydrogens is 413 g/mol. The first-order valence-corrected chi connectivity index (χ1v) is 10.3. The van der Waals surface area contributed by atoms with Gasteiger partial charge in [0.1, 0.15) is 29.0 Å². The van der Waals surface area contributed by atoms with Crippen molar-refractivity contribution >= 4 is 33.3 Å². The topological polar surface area (TPSA) is 96.0 Å². The highest BCUT2D eigenvalue weighted by molar-refractivity contribution is 7.15. The summed E-state index contributed by atoms with van der Waals surface area (Å²) in [5.41, 5.74) is 4.65. The zero-order chi connectivity index (χ0) is 20.9. The van der Waals surface area contributed by atoms with Crippen LogP contribution in [0.25, 0.3) is 55.2 Å². The van der Waals surface area contributed by atoms with Crippen LogP contribution in [0, 0.1) is 12.7 Å². The van der Waals surface area contributed by atoms with Crippen molar-refractivity contribution in [2.45, 2.75) is 6.92 Å². The van der Waals surface area contributed by atoms with Gasteiger partial charge in [-0.1, -0.05) is 0 Å². The molecule has 0 saturated heterocycles. The number of rotatable bonds is 3. The Kier molecular flexibility index (Phi) is 3.90. The lowest BCUT2D eigenvalue weighted by molar-refractivity contribution is 0.632. The molecule has 9 heteroatoms. The molecule has 1 aromatic carbocycles. The van der Waals surface area contributed by atoms with E-state index < -0.39 is 0 Å². The van der Waals surface area contributed by atoms with E-state index in [1.165, 1.54) is 17.3 Å². The number of hydrogen-bond acceptors (Lipinski definition) is 6. The van der Waals surface area contributed by atoms with Crippen molar-refractivity contribution in [1.82, 2.24) is 35.1 Å². The van der Waals surface area contributed by atoms with E-state index in [4.69, 9.17) is 4.98 Å². The van der Waals surface area contributed by atoms with Crippen LogP contribution in [-0.2, 0) is 0 Å². The quantitative estimate of drug-likeness (QED) is 0.408. The second-order valence-corrected chi connectivity index (χ2v) is 8.42. The molecule has 0 fully saturated rings. The summed E-state index contributed by atoms with van der Waals surface area (Å²) in [5, 5.41) is 8.06. The largest absolute Gasteiger partial charge is 0.336 e. The first-order valence-electron chi connectivity index (χ1n) is 9.52. The molecule has 0 bridgehead atoms. The molecular formula is C22H14FN7S. The number of imidazole rings is 1. The van der Waals surface area contributed by atoms with Crippen LogP contribution in [-0.4, -0.2) is 35.1 Å². The van der Waals surface area contributed by atoms with Gasteiger partial charge in [-0.3, -0.25) is 10.1 Å². The highest BCUT2D eigenvalue weighted by Gasteiger charge is 2.18. The Labute approximate surface area is 179 Å². The Hall–Kier alpha value is -3.98. The van der Waals surface area contributed by atoms with E-state index in [-0.39, 0.29) is 5.82 Å². The summed E-state index contributed by atoms with van der Waals surface area (Å²) in [6.07, 6.45) is 6.34. The summed E-state index contributed by atoms with van der Waals surface area (Å²) in [5.74, 6) is 0.215. The fraction of sp³-hybridized carbons (Fsp3) is 0.0455. The van der Waals surface area contributed by atoms with Gasteiger partial charge >= 0.3 is 0 Å². The molecule has 0 aliphatic heterocycles. The fourth-order valence-corrected chi connectivity index (χ4v) is 4.53. The Morgan fingerprint density at radius 1 is 1.00 bits per heavy atom. The number of aromatic amines is 2. The van der Waals surface area contributed by atoms with Gasteiger partial charge in [0.25, 0.3) is 0 Å². The smallest absolute Gasteiger partial charge is 0.159 e. The minimum absolute atomic E-state index is 0.373. The normalized spacial score (nSPS) is 11.5. The zero-order valence-corrected chi connectivity index (χ0v) is 17.0. The molecule has 0 spiro atoms. The first-order chi connectivity index (χ1) is 15.2. The SMILES string of the molecule is Cc1ccc(-c2nccc3[nH]c(-c4n[nH]c5cc(F)c(-c6cncnc6)cc45)nc23)s1. The number of pyridine rings is 1. The van der Waals surface area contributed by atoms with Crippen LogP contribution < -0.4 is 0 Å². The van der Waals surface area contributed by atoms with E-state index in [1.807, 2.05) is 6.07 Å². The van der Waals surface area contributed by atoms with Gasteiger partial charge in [0, 0.05) is 46.0 Å². The average molecular weight is 427 g/mol. The number of aryl methyl sites for hydroxylation is 1. The summed E-state index contributed by atoms with van der Waals surface area (Å²) in [4.78, 5) is 22.9. The number of fused-ring (bicyclic) bond motifs is 2. The molecule has 150 valence electrons. The number of hydrogen-bond donors (Lipinski definition) is 2. The van der Waals surface area contributed by atoms with Gasteiger partial charge in [-0.15, -0.1) is 11.3 Å². The Morgan fingerprint density at radius 3 is 2.68 bits per heavy atom. The average Bonchev–Trinajstić information content (AvgIpc) is 3.50. The highest BCUT2D eigenvalue weighted by Crippen LogP contribution is 2.34. The molecule has 0 amide bonds. The van der Waals surface area contributed by atoms with Crippen LogP contribution in [0.5, 0.6) is 0 Å². The molecule has 6 aromatic rings. The van der Waals surface area contributed by atoms with Crippen molar-refractivity contribution in [3.63, 3.8) is 0 Å². The third-order valence-corrected chi connectivity index (χ3v) is 6.13. The van der Waals surface area contributed by atoms with Gasteiger partial charge in [-0.25, -0.2) is 19.3 Å². The number of H-pyrrole nitrogens is 2. The van der Waals surface area contributed by atoms with Crippen LogP contribution in [0.3, 0.4) is 0 Å². The third-order valence-electron chi connectivity index (χ3n) is 5.12. The van der Waals surface area contributed by atoms with Crippen LogP contribution in [0.1, 0.15) is 4.88 Å². The van der Waals surface area contributed by atoms with Gasteiger partial charge in [0.2, 0.25) is 0 Å². The molecule has 0 aliphatic rings. The minimum Gasteiger partial charge on any atom is -0.336 e. The maximum atomic E-state index is 14.7. The zero-order valence-electron chi connectivity index (χ0n) is 16.2. The van der Waals surface area contributed by atoms with Crippen LogP contribution in [0.2, 0.25) is 0 Å². The Balaban J connectivity index is 1.54. The van der Waals surface area contributed by atoms with Crippen molar-refractivity contribution in [1.29, 1.82) is 0 Å². The molecule has 5 heterocycles. The third kappa shape index (κ3) is 2.89. The molecule has 31 heavy (non-hydrogen) atoms. The molecule has 0 aliphatic carbocycles. The fourth-order valence-electron chi connectivity index (χ4n) is 3.67. The van der Waals surface area contributed by atoms with Gasteiger partial charge in [0.05, 0.1) is 15.9 Å². The predicted octanol–water partition coefficient (Wildman–Crippen LogP) is 5.13.